The molecule has 2 heterocycles. The number of aryl methyl sites for hydroxylation is 1. The molecule has 0 aliphatic carbocycles. The van der Waals surface area contributed by atoms with Crippen LogP contribution in [0.3, 0.4) is 0 Å². The van der Waals surface area contributed by atoms with E-state index in [0.29, 0.717) is 0 Å². The van der Waals surface area contributed by atoms with Crippen molar-refractivity contribution in [3.63, 3.8) is 0 Å². The lowest BCUT2D eigenvalue weighted by atomic mass is 10.1. The van der Waals surface area contributed by atoms with Gasteiger partial charge in [-0.15, -0.1) is 0 Å². The smallest absolute Gasteiger partial charge is 0.135 e. The van der Waals surface area contributed by atoms with Gasteiger partial charge >= 0.3 is 0 Å². The third kappa shape index (κ3) is 2.29. The summed E-state index contributed by atoms with van der Waals surface area (Å²) in [5, 5.41) is 1.11. The molecule has 0 unspecified atom stereocenters. The standard InChI is InChI=1S/C20H15NO/c1-14-4-6-15(7-5-14)20-12-18-11-16(8-9-19(18)22-20)17-3-2-10-21-13-17/h2-13H,1H3. The van der Waals surface area contributed by atoms with E-state index in [2.05, 4.69) is 60.4 Å². The van der Waals surface area contributed by atoms with Crippen molar-refractivity contribution in [1.29, 1.82) is 0 Å². The van der Waals surface area contributed by atoms with E-state index in [-0.39, 0.29) is 0 Å². The molecule has 0 amide bonds. The SMILES string of the molecule is Cc1ccc(-c2cc3cc(-c4cccnc4)ccc3o2)cc1. The molecule has 2 nitrogen and oxygen atoms in total. The molecule has 2 aromatic heterocycles. The molecule has 0 N–H and O–H groups in total. The molecule has 0 radical (unpaired) electrons. The number of rotatable bonds is 2. The number of hydrogen-bond donors (Lipinski definition) is 0. The second kappa shape index (κ2) is 5.15. The van der Waals surface area contributed by atoms with Gasteiger partial charge in [0.25, 0.3) is 0 Å². The van der Waals surface area contributed by atoms with Gasteiger partial charge in [-0.25, -0.2) is 0 Å². The zero-order valence-corrected chi connectivity index (χ0v) is 12.3. The van der Waals surface area contributed by atoms with E-state index >= 15 is 0 Å². The Morgan fingerprint density at radius 3 is 2.41 bits per heavy atom. The highest BCUT2D eigenvalue weighted by Gasteiger charge is 2.07. The van der Waals surface area contributed by atoms with Crippen LogP contribution in [0.1, 0.15) is 5.56 Å². The van der Waals surface area contributed by atoms with Crippen molar-refractivity contribution in [3.05, 3.63) is 78.6 Å². The van der Waals surface area contributed by atoms with Gasteiger partial charge in [-0.1, -0.05) is 42.0 Å². The van der Waals surface area contributed by atoms with Crippen LogP contribution in [0, 0.1) is 6.92 Å². The number of benzene rings is 2. The fraction of sp³-hybridized carbons (Fsp3) is 0.0500. The lowest BCUT2D eigenvalue weighted by molar-refractivity contribution is 0.631. The van der Waals surface area contributed by atoms with Gasteiger partial charge in [-0.2, -0.15) is 0 Å². The van der Waals surface area contributed by atoms with E-state index in [0.717, 1.165) is 33.4 Å². The average Bonchev–Trinajstić information content (AvgIpc) is 2.99. The molecule has 0 fully saturated rings. The zero-order chi connectivity index (χ0) is 14.9. The highest BCUT2D eigenvalue weighted by atomic mass is 16.3. The molecule has 0 aliphatic rings. The predicted octanol–water partition coefficient (Wildman–Crippen LogP) is 5.47. The molecule has 0 saturated carbocycles. The second-order valence-electron chi connectivity index (χ2n) is 5.47. The number of hydrogen-bond acceptors (Lipinski definition) is 2. The Morgan fingerprint density at radius 2 is 1.64 bits per heavy atom. The van der Waals surface area contributed by atoms with Gasteiger partial charge in [0.15, 0.2) is 0 Å². The summed E-state index contributed by atoms with van der Waals surface area (Å²) in [4.78, 5) is 4.18. The fourth-order valence-corrected chi connectivity index (χ4v) is 2.62. The van der Waals surface area contributed by atoms with Crippen LogP contribution in [0.2, 0.25) is 0 Å². The van der Waals surface area contributed by atoms with Gasteiger partial charge in [0, 0.05) is 28.9 Å². The molecule has 0 spiro atoms. The maximum absolute atomic E-state index is 5.97. The van der Waals surface area contributed by atoms with Crippen molar-refractivity contribution in [2.75, 3.05) is 0 Å². The van der Waals surface area contributed by atoms with Crippen LogP contribution in [0.5, 0.6) is 0 Å². The minimum atomic E-state index is 0.901. The van der Waals surface area contributed by atoms with Crippen LogP contribution in [0.4, 0.5) is 0 Å². The quantitative estimate of drug-likeness (QED) is 0.488. The molecule has 4 aromatic rings. The van der Waals surface area contributed by atoms with Crippen LogP contribution in [0.25, 0.3) is 33.4 Å². The van der Waals surface area contributed by atoms with E-state index in [1.807, 2.05) is 18.3 Å². The molecule has 0 bridgehead atoms. The summed E-state index contributed by atoms with van der Waals surface area (Å²) in [5.74, 6) is 0.901. The Balaban J connectivity index is 1.80. The van der Waals surface area contributed by atoms with E-state index in [9.17, 15) is 0 Å². The monoisotopic (exact) mass is 285 g/mol. The Labute approximate surface area is 129 Å². The summed E-state index contributed by atoms with van der Waals surface area (Å²) in [5.41, 5.74) is 5.52. The van der Waals surface area contributed by atoms with Crippen LogP contribution in [-0.4, -0.2) is 4.98 Å². The van der Waals surface area contributed by atoms with Crippen molar-refractivity contribution >= 4 is 11.0 Å². The number of furan rings is 1. The summed E-state index contributed by atoms with van der Waals surface area (Å²) >= 11 is 0. The summed E-state index contributed by atoms with van der Waals surface area (Å²) < 4.78 is 5.97. The molecular weight excluding hydrogens is 270 g/mol. The first kappa shape index (κ1) is 12.8. The molecule has 2 heteroatoms. The van der Waals surface area contributed by atoms with Gasteiger partial charge in [-0.3, -0.25) is 4.98 Å². The van der Waals surface area contributed by atoms with E-state index in [1.165, 1.54) is 5.56 Å². The fourth-order valence-electron chi connectivity index (χ4n) is 2.62. The second-order valence-corrected chi connectivity index (χ2v) is 5.47. The molecule has 0 aliphatic heterocycles. The van der Waals surface area contributed by atoms with Crippen molar-refractivity contribution in [2.45, 2.75) is 6.92 Å². The Kier molecular flexibility index (Phi) is 3.01. The molecule has 106 valence electrons. The highest BCUT2D eigenvalue weighted by molar-refractivity contribution is 5.87. The molecule has 4 rings (SSSR count). The number of nitrogens with zero attached hydrogens (tertiary/aromatic N) is 1. The van der Waals surface area contributed by atoms with Gasteiger partial charge < -0.3 is 4.42 Å². The zero-order valence-electron chi connectivity index (χ0n) is 12.3. The number of fused-ring (bicyclic) bond motifs is 1. The minimum absolute atomic E-state index is 0.901. The predicted molar refractivity (Wildman–Crippen MR) is 89.6 cm³/mol. The summed E-state index contributed by atoms with van der Waals surface area (Å²) in [6.45, 7) is 2.09. The Morgan fingerprint density at radius 1 is 0.818 bits per heavy atom. The molecule has 22 heavy (non-hydrogen) atoms. The maximum atomic E-state index is 5.97. The van der Waals surface area contributed by atoms with Gasteiger partial charge in [0.05, 0.1) is 0 Å². The first-order valence-corrected chi connectivity index (χ1v) is 7.31. The molecule has 0 atom stereocenters. The van der Waals surface area contributed by atoms with E-state index in [1.54, 1.807) is 6.20 Å². The molecule has 2 aromatic carbocycles. The van der Waals surface area contributed by atoms with E-state index < -0.39 is 0 Å². The van der Waals surface area contributed by atoms with Crippen LogP contribution in [-0.2, 0) is 0 Å². The first-order valence-electron chi connectivity index (χ1n) is 7.31. The van der Waals surface area contributed by atoms with E-state index in [4.69, 9.17) is 4.42 Å². The van der Waals surface area contributed by atoms with Crippen molar-refractivity contribution in [3.8, 4) is 22.5 Å². The van der Waals surface area contributed by atoms with Crippen LogP contribution in [0.15, 0.2) is 77.5 Å². The third-order valence-electron chi connectivity index (χ3n) is 3.85. The third-order valence-corrected chi connectivity index (χ3v) is 3.85. The Hall–Kier alpha value is -2.87. The molecular formula is C20H15NO. The maximum Gasteiger partial charge on any atom is 0.135 e. The lowest BCUT2D eigenvalue weighted by Crippen LogP contribution is -1.78. The highest BCUT2D eigenvalue weighted by Crippen LogP contribution is 2.31. The van der Waals surface area contributed by atoms with Crippen molar-refractivity contribution in [1.82, 2.24) is 4.98 Å². The lowest BCUT2D eigenvalue weighted by Gasteiger charge is -1.99. The topological polar surface area (TPSA) is 26.0 Å². The summed E-state index contributed by atoms with van der Waals surface area (Å²) in [7, 11) is 0. The van der Waals surface area contributed by atoms with Crippen molar-refractivity contribution < 1.29 is 4.42 Å². The van der Waals surface area contributed by atoms with Crippen LogP contribution >= 0.6 is 0 Å². The number of aromatic nitrogens is 1. The summed E-state index contributed by atoms with van der Waals surface area (Å²) in [6, 6.07) is 20.7. The van der Waals surface area contributed by atoms with Crippen LogP contribution < -0.4 is 0 Å². The van der Waals surface area contributed by atoms with Gasteiger partial charge in [0.2, 0.25) is 0 Å². The van der Waals surface area contributed by atoms with Gasteiger partial charge in [0.1, 0.15) is 11.3 Å². The Bertz CT molecular complexity index is 921. The molecule has 0 saturated heterocycles. The average molecular weight is 285 g/mol. The van der Waals surface area contributed by atoms with Gasteiger partial charge in [-0.05, 0) is 36.8 Å². The normalized spacial score (nSPS) is 11.0. The largest absolute Gasteiger partial charge is 0.456 e. The first-order chi connectivity index (χ1) is 10.8. The summed E-state index contributed by atoms with van der Waals surface area (Å²) in [6.07, 6.45) is 3.66. The minimum Gasteiger partial charge on any atom is -0.456 e. The number of pyridine rings is 1. The van der Waals surface area contributed by atoms with Crippen molar-refractivity contribution in [2.24, 2.45) is 0 Å².